The predicted octanol–water partition coefficient (Wildman–Crippen LogP) is 2.99. The second-order valence-corrected chi connectivity index (χ2v) is 3.99. The van der Waals surface area contributed by atoms with Gasteiger partial charge in [-0.2, -0.15) is 0 Å². The van der Waals surface area contributed by atoms with E-state index in [1.165, 1.54) is 6.07 Å². The van der Waals surface area contributed by atoms with E-state index in [0.717, 1.165) is 6.29 Å². The third-order valence-corrected chi connectivity index (χ3v) is 2.66. The standard InChI is InChI=1S/C10H10BrFO2/c1-6(2-3-13)7-4-8(11)10(14)9(12)5-7/h3-6,14H,2H2,1H3. The molecule has 1 rings (SSSR count). The summed E-state index contributed by atoms with van der Waals surface area (Å²) in [6.07, 6.45) is 1.14. The Morgan fingerprint density at radius 3 is 2.79 bits per heavy atom. The van der Waals surface area contributed by atoms with Crippen molar-refractivity contribution in [2.45, 2.75) is 19.3 Å². The lowest BCUT2D eigenvalue weighted by Gasteiger charge is -2.09. The summed E-state index contributed by atoms with van der Waals surface area (Å²) in [6, 6.07) is 2.86. The highest BCUT2D eigenvalue weighted by Crippen LogP contribution is 2.31. The van der Waals surface area contributed by atoms with Crippen LogP contribution in [-0.2, 0) is 4.79 Å². The van der Waals surface area contributed by atoms with Gasteiger partial charge in [-0.15, -0.1) is 0 Å². The number of aldehydes is 1. The topological polar surface area (TPSA) is 37.3 Å². The SMILES string of the molecule is CC(CC=O)c1cc(F)c(O)c(Br)c1. The Morgan fingerprint density at radius 2 is 2.29 bits per heavy atom. The van der Waals surface area contributed by atoms with E-state index in [-0.39, 0.29) is 5.92 Å². The molecule has 0 saturated carbocycles. The Kier molecular flexibility index (Phi) is 3.63. The van der Waals surface area contributed by atoms with Gasteiger partial charge in [-0.3, -0.25) is 0 Å². The molecule has 76 valence electrons. The molecule has 0 amide bonds. The Hall–Kier alpha value is -0.900. The van der Waals surface area contributed by atoms with E-state index in [2.05, 4.69) is 15.9 Å². The van der Waals surface area contributed by atoms with Gasteiger partial charge in [0, 0.05) is 6.42 Å². The summed E-state index contributed by atoms with van der Waals surface area (Å²) in [5, 5.41) is 9.15. The van der Waals surface area contributed by atoms with Crippen LogP contribution in [-0.4, -0.2) is 11.4 Å². The molecule has 1 aromatic carbocycles. The number of benzene rings is 1. The summed E-state index contributed by atoms with van der Waals surface area (Å²) >= 11 is 3.04. The first-order valence-electron chi connectivity index (χ1n) is 4.17. The lowest BCUT2D eigenvalue weighted by atomic mass is 9.98. The van der Waals surface area contributed by atoms with Crippen molar-refractivity contribution in [1.82, 2.24) is 0 Å². The maximum atomic E-state index is 13.1. The molecule has 0 aromatic heterocycles. The second kappa shape index (κ2) is 4.55. The van der Waals surface area contributed by atoms with Gasteiger partial charge < -0.3 is 9.90 Å². The molecular weight excluding hydrogens is 251 g/mol. The molecule has 0 aliphatic carbocycles. The normalized spacial score (nSPS) is 12.5. The Balaban J connectivity index is 3.05. The van der Waals surface area contributed by atoms with Gasteiger partial charge in [0.2, 0.25) is 0 Å². The Labute approximate surface area is 89.9 Å². The number of aromatic hydroxyl groups is 1. The molecule has 0 radical (unpaired) electrons. The van der Waals surface area contributed by atoms with Crippen LogP contribution in [0, 0.1) is 5.82 Å². The van der Waals surface area contributed by atoms with Crippen molar-refractivity contribution in [2.75, 3.05) is 0 Å². The number of rotatable bonds is 3. The lowest BCUT2D eigenvalue weighted by molar-refractivity contribution is -0.108. The van der Waals surface area contributed by atoms with Gasteiger partial charge in [-0.1, -0.05) is 6.92 Å². The van der Waals surface area contributed by atoms with E-state index >= 15 is 0 Å². The van der Waals surface area contributed by atoms with Crippen molar-refractivity contribution in [3.05, 3.63) is 28.0 Å². The van der Waals surface area contributed by atoms with Gasteiger partial charge in [0.05, 0.1) is 4.47 Å². The molecule has 4 heteroatoms. The third-order valence-electron chi connectivity index (χ3n) is 2.06. The van der Waals surface area contributed by atoms with Crippen LogP contribution in [0.25, 0.3) is 0 Å². The van der Waals surface area contributed by atoms with E-state index in [0.29, 0.717) is 16.5 Å². The summed E-state index contributed by atoms with van der Waals surface area (Å²) in [5.74, 6) is -1.11. The molecule has 0 heterocycles. The molecular formula is C10H10BrFO2. The highest BCUT2D eigenvalue weighted by Gasteiger charge is 2.11. The fourth-order valence-corrected chi connectivity index (χ4v) is 1.60. The van der Waals surface area contributed by atoms with Gasteiger partial charge in [-0.25, -0.2) is 4.39 Å². The molecule has 1 aromatic rings. The Morgan fingerprint density at radius 1 is 1.64 bits per heavy atom. The number of hydrogen-bond donors (Lipinski definition) is 1. The fraction of sp³-hybridized carbons (Fsp3) is 0.300. The van der Waals surface area contributed by atoms with Crippen molar-refractivity contribution < 1.29 is 14.3 Å². The van der Waals surface area contributed by atoms with Crippen LogP contribution < -0.4 is 0 Å². The van der Waals surface area contributed by atoms with Crippen LogP contribution in [0.15, 0.2) is 16.6 Å². The van der Waals surface area contributed by atoms with E-state index in [9.17, 15) is 9.18 Å². The zero-order chi connectivity index (χ0) is 10.7. The number of carbonyl (C=O) groups is 1. The van der Waals surface area contributed by atoms with E-state index in [1.54, 1.807) is 6.07 Å². The summed E-state index contributed by atoms with van der Waals surface area (Å²) in [4.78, 5) is 10.3. The number of phenolic OH excluding ortho intramolecular Hbond substituents is 1. The zero-order valence-corrected chi connectivity index (χ0v) is 9.21. The Bertz CT molecular complexity index is 329. The number of carbonyl (C=O) groups excluding carboxylic acids is 1. The van der Waals surface area contributed by atoms with E-state index in [4.69, 9.17) is 5.11 Å². The molecule has 0 aliphatic rings. The first kappa shape index (κ1) is 11.2. The van der Waals surface area contributed by atoms with Crippen LogP contribution in [0.1, 0.15) is 24.8 Å². The first-order chi connectivity index (χ1) is 6.56. The molecule has 0 fully saturated rings. The minimum absolute atomic E-state index is 0.0427. The molecule has 1 atom stereocenters. The molecule has 0 saturated heterocycles. The minimum atomic E-state index is -0.674. The maximum absolute atomic E-state index is 13.1. The molecule has 14 heavy (non-hydrogen) atoms. The average Bonchev–Trinajstić information content (AvgIpc) is 2.13. The second-order valence-electron chi connectivity index (χ2n) is 3.14. The number of hydrogen-bond acceptors (Lipinski definition) is 2. The summed E-state index contributed by atoms with van der Waals surface area (Å²) in [5.41, 5.74) is 0.694. The summed E-state index contributed by atoms with van der Waals surface area (Å²) in [6.45, 7) is 1.83. The van der Waals surface area contributed by atoms with Gasteiger partial charge in [0.1, 0.15) is 6.29 Å². The highest BCUT2D eigenvalue weighted by molar-refractivity contribution is 9.10. The quantitative estimate of drug-likeness (QED) is 0.849. The van der Waals surface area contributed by atoms with Gasteiger partial charge in [-0.05, 0) is 39.5 Å². The summed E-state index contributed by atoms with van der Waals surface area (Å²) < 4.78 is 13.4. The van der Waals surface area contributed by atoms with Crippen LogP contribution >= 0.6 is 15.9 Å². The summed E-state index contributed by atoms with van der Waals surface area (Å²) in [7, 11) is 0. The van der Waals surface area contributed by atoms with Crippen molar-refractivity contribution >= 4 is 22.2 Å². The third kappa shape index (κ3) is 2.32. The number of phenols is 1. The van der Waals surface area contributed by atoms with Crippen LogP contribution in [0.5, 0.6) is 5.75 Å². The number of halogens is 2. The van der Waals surface area contributed by atoms with E-state index < -0.39 is 11.6 Å². The van der Waals surface area contributed by atoms with E-state index in [1.807, 2.05) is 6.92 Å². The maximum Gasteiger partial charge on any atom is 0.166 e. The van der Waals surface area contributed by atoms with Crippen molar-refractivity contribution in [2.24, 2.45) is 0 Å². The van der Waals surface area contributed by atoms with Gasteiger partial charge in [0.25, 0.3) is 0 Å². The predicted molar refractivity (Wildman–Crippen MR) is 54.9 cm³/mol. The molecule has 2 nitrogen and oxygen atoms in total. The molecule has 0 aliphatic heterocycles. The fourth-order valence-electron chi connectivity index (χ4n) is 1.15. The van der Waals surface area contributed by atoms with Crippen LogP contribution in [0.2, 0.25) is 0 Å². The molecule has 1 N–H and O–H groups in total. The van der Waals surface area contributed by atoms with Gasteiger partial charge >= 0.3 is 0 Å². The lowest BCUT2D eigenvalue weighted by Crippen LogP contribution is -1.95. The van der Waals surface area contributed by atoms with Gasteiger partial charge in [0.15, 0.2) is 11.6 Å². The van der Waals surface area contributed by atoms with Crippen molar-refractivity contribution in [3.8, 4) is 5.75 Å². The molecule has 1 unspecified atom stereocenters. The van der Waals surface area contributed by atoms with Crippen molar-refractivity contribution in [1.29, 1.82) is 0 Å². The minimum Gasteiger partial charge on any atom is -0.504 e. The van der Waals surface area contributed by atoms with Crippen LogP contribution in [0.3, 0.4) is 0 Å². The first-order valence-corrected chi connectivity index (χ1v) is 4.97. The largest absolute Gasteiger partial charge is 0.504 e. The average molecular weight is 261 g/mol. The molecule has 0 bridgehead atoms. The molecule has 0 spiro atoms. The van der Waals surface area contributed by atoms with Crippen molar-refractivity contribution in [3.63, 3.8) is 0 Å². The monoisotopic (exact) mass is 260 g/mol. The zero-order valence-electron chi connectivity index (χ0n) is 7.63. The van der Waals surface area contributed by atoms with Crippen LogP contribution in [0.4, 0.5) is 4.39 Å². The highest BCUT2D eigenvalue weighted by atomic mass is 79.9. The smallest absolute Gasteiger partial charge is 0.166 e.